The molecule has 2 saturated heterocycles. The first-order valence-electron chi connectivity index (χ1n) is 17.1. The average molecular weight is 737 g/mol. The number of carbonyl (C=O) groups excluding carboxylic acids is 2. The maximum Gasteiger partial charge on any atom is 0.293 e. The molecule has 2 amide bonds. The van der Waals surface area contributed by atoms with E-state index in [1.807, 2.05) is 24.8 Å². The molecule has 0 bridgehead atoms. The van der Waals surface area contributed by atoms with E-state index >= 15 is 0 Å². The van der Waals surface area contributed by atoms with E-state index in [0.29, 0.717) is 41.2 Å². The number of nitrogens with zero attached hydrogens (tertiary/aromatic N) is 1. The molecule has 0 saturated carbocycles. The number of allylic oxidation sites excluding steroid dienone is 4. The Morgan fingerprint density at radius 3 is 2.41 bits per heavy atom. The Labute approximate surface area is 313 Å². The van der Waals surface area contributed by atoms with E-state index in [1.54, 1.807) is 30.5 Å². The van der Waals surface area contributed by atoms with Crippen molar-refractivity contribution in [1.29, 1.82) is 0 Å². The second-order valence-corrected chi connectivity index (χ2v) is 16.0. The van der Waals surface area contributed by atoms with Crippen molar-refractivity contribution in [3.63, 3.8) is 0 Å². The zero-order valence-corrected chi connectivity index (χ0v) is 31.3. The zero-order valence-electron chi connectivity index (χ0n) is 28.9. The lowest BCUT2D eigenvalue weighted by molar-refractivity contribution is -0.117. The number of hydrogen-bond acceptors (Lipinski definition) is 7. The highest BCUT2D eigenvalue weighted by molar-refractivity contribution is 8.15. The smallest absolute Gasteiger partial charge is 0.293 e. The van der Waals surface area contributed by atoms with Gasteiger partial charge in [-0.2, -0.15) is 0 Å². The van der Waals surface area contributed by atoms with Gasteiger partial charge in [0.25, 0.3) is 5.24 Å². The highest BCUT2D eigenvalue weighted by Gasteiger charge is 2.42. The molecule has 0 radical (unpaired) electrons. The van der Waals surface area contributed by atoms with E-state index in [2.05, 4.69) is 85.7 Å². The van der Waals surface area contributed by atoms with Crippen LogP contribution in [0.4, 0.5) is 10.5 Å². The van der Waals surface area contributed by atoms with Gasteiger partial charge < -0.3 is 15.2 Å². The standard InChI is InChI=1S/C42H41ClN2O4S2/c1-5-29-13-18-33(19-14-29)26(2)25-49-34-20-15-32(16-21-34)24-39-41(47)45(42(48)51-39)36-8-6-7-35(40(36)43)37(46)22-17-30-9-11-31(12-10-30)23-38-27(3)44-28(4)50-38/h6-15,18-20,25,28,37-39,44,46H,3,5,17,22-24H2,1-2,4H3/b26-25+/t28?,37-,38?,39?/m1/s1. The maximum absolute atomic E-state index is 13.6. The van der Waals surface area contributed by atoms with E-state index in [1.165, 1.54) is 11.1 Å². The van der Waals surface area contributed by atoms with Crippen LogP contribution >= 0.6 is 35.1 Å². The molecule has 9 heteroatoms. The van der Waals surface area contributed by atoms with Crippen molar-refractivity contribution in [3.05, 3.63) is 153 Å². The summed E-state index contributed by atoms with van der Waals surface area (Å²) >= 11 is 9.64. The number of thioether (sulfide) groups is 2. The summed E-state index contributed by atoms with van der Waals surface area (Å²) in [6, 6.07) is 21.9. The van der Waals surface area contributed by atoms with Crippen LogP contribution in [0.15, 0.2) is 120 Å². The SMILES string of the molecule is C=C1NC(C)SC1Cc1ccc(CC[C@@H](O)c2cccc(N3C(=O)SC(CC4=C=C=C(O/C=C(\C)c5ccc(CC)cc5)C=C4)C3=O)c2Cl)cc1. The number of nitrogens with one attached hydrogen (secondary N) is 1. The molecule has 0 spiro atoms. The number of aliphatic hydroxyl groups is 1. The van der Waals surface area contributed by atoms with Crippen LogP contribution in [-0.4, -0.2) is 32.1 Å². The lowest BCUT2D eigenvalue weighted by Crippen LogP contribution is -2.32. The molecule has 3 aromatic carbocycles. The van der Waals surface area contributed by atoms with E-state index in [-0.39, 0.29) is 16.6 Å². The number of rotatable bonds is 13. The van der Waals surface area contributed by atoms with Crippen molar-refractivity contribution in [2.75, 3.05) is 4.90 Å². The first kappa shape index (κ1) is 36.7. The van der Waals surface area contributed by atoms with E-state index < -0.39 is 16.6 Å². The normalized spacial score (nSPS) is 20.8. The van der Waals surface area contributed by atoms with Gasteiger partial charge in [-0.05, 0) is 91.3 Å². The number of aliphatic hydroxyl groups excluding tert-OH is 1. The summed E-state index contributed by atoms with van der Waals surface area (Å²) in [4.78, 5) is 27.8. The Kier molecular flexibility index (Phi) is 11.8. The highest BCUT2D eigenvalue weighted by Crippen LogP contribution is 2.41. The fraction of sp³-hybridized carbons (Fsp3) is 0.286. The van der Waals surface area contributed by atoms with Gasteiger partial charge >= 0.3 is 0 Å². The van der Waals surface area contributed by atoms with Crippen LogP contribution in [0.3, 0.4) is 0 Å². The van der Waals surface area contributed by atoms with Crippen LogP contribution < -0.4 is 10.2 Å². The van der Waals surface area contributed by atoms with E-state index in [0.717, 1.165) is 57.5 Å². The molecule has 2 heterocycles. The maximum atomic E-state index is 13.6. The predicted octanol–water partition coefficient (Wildman–Crippen LogP) is 9.85. The second kappa shape index (κ2) is 16.5. The minimum Gasteiger partial charge on any atom is -0.456 e. The first-order chi connectivity index (χ1) is 24.6. The number of imide groups is 1. The molecule has 4 atom stereocenters. The van der Waals surface area contributed by atoms with Crippen LogP contribution in [-0.2, 0) is 28.8 Å². The summed E-state index contributed by atoms with van der Waals surface area (Å²) in [5, 5.41) is 14.4. The number of amides is 2. The average Bonchev–Trinajstić information content (AvgIpc) is 3.60. The van der Waals surface area contributed by atoms with Crippen molar-refractivity contribution in [1.82, 2.24) is 5.32 Å². The summed E-state index contributed by atoms with van der Waals surface area (Å²) in [5.74, 6) is 0.146. The van der Waals surface area contributed by atoms with Gasteiger partial charge in [0.1, 0.15) is 0 Å². The van der Waals surface area contributed by atoms with Crippen LogP contribution in [0.1, 0.15) is 67.5 Å². The van der Waals surface area contributed by atoms with Crippen molar-refractivity contribution in [3.8, 4) is 0 Å². The number of aryl methyl sites for hydroxylation is 2. The number of anilines is 1. The van der Waals surface area contributed by atoms with Gasteiger partial charge in [-0.1, -0.05) is 103 Å². The van der Waals surface area contributed by atoms with Gasteiger partial charge in [0.05, 0.1) is 33.7 Å². The zero-order chi connectivity index (χ0) is 36.1. The third kappa shape index (κ3) is 8.85. The molecule has 6 rings (SSSR count). The number of benzene rings is 3. The fourth-order valence-electron chi connectivity index (χ4n) is 6.19. The summed E-state index contributed by atoms with van der Waals surface area (Å²) in [5.41, 5.74) is 14.4. The summed E-state index contributed by atoms with van der Waals surface area (Å²) in [6.07, 6.45) is 7.71. The molecule has 3 aliphatic rings. The Morgan fingerprint density at radius 1 is 1.02 bits per heavy atom. The third-order valence-electron chi connectivity index (χ3n) is 9.19. The van der Waals surface area contributed by atoms with Crippen LogP contribution in [0.5, 0.6) is 0 Å². The highest BCUT2D eigenvalue weighted by atomic mass is 35.5. The molecule has 262 valence electrons. The molecular formula is C42H41ClN2O4S2. The Hall–Kier alpha value is -4.13. The summed E-state index contributed by atoms with van der Waals surface area (Å²) < 4.78 is 5.81. The van der Waals surface area contributed by atoms with Crippen molar-refractivity contribution >= 4 is 57.5 Å². The Bertz CT molecular complexity index is 1990. The van der Waals surface area contributed by atoms with Gasteiger partial charge in [0.2, 0.25) is 5.91 Å². The lowest BCUT2D eigenvalue weighted by atomic mass is 9.99. The quantitative estimate of drug-likeness (QED) is 0.134. The number of hydrogen-bond donors (Lipinski definition) is 2. The van der Waals surface area contributed by atoms with E-state index in [4.69, 9.17) is 16.3 Å². The molecular weight excluding hydrogens is 696 g/mol. The van der Waals surface area contributed by atoms with Crippen molar-refractivity contribution < 1.29 is 19.4 Å². The van der Waals surface area contributed by atoms with Crippen LogP contribution in [0.2, 0.25) is 5.02 Å². The molecule has 2 N–H and O–H groups in total. The van der Waals surface area contributed by atoms with Crippen LogP contribution in [0.25, 0.3) is 5.57 Å². The largest absolute Gasteiger partial charge is 0.456 e. The number of halogens is 1. The van der Waals surface area contributed by atoms with Gasteiger partial charge in [-0.15, -0.1) is 11.8 Å². The van der Waals surface area contributed by atoms with Crippen LogP contribution in [0, 0.1) is 0 Å². The molecule has 2 fully saturated rings. The first-order valence-corrected chi connectivity index (χ1v) is 19.3. The summed E-state index contributed by atoms with van der Waals surface area (Å²) in [6.45, 7) is 10.4. The van der Waals surface area contributed by atoms with Gasteiger partial charge in [-0.3, -0.25) is 9.59 Å². The monoisotopic (exact) mass is 736 g/mol. The minimum atomic E-state index is -0.870. The molecule has 2 aliphatic heterocycles. The Balaban J connectivity index is 1.06. The van der Waals surface area contributed by atoms with E-state index in [9.17, 15) is 14.7 Å². The van der Waals surface area contributed by atoms with Crippen molar-refractivity contribution in [2.24, 2.45) is 0 Å². The topological polar surface area (TPSA) is 78.9 Å². The van der Waals surface area contributed by atoms with Gasteiger partial charge in [0.15, 0.2) is 5.76 Å². The molecule has 6 nitrogen and oxygen atoms in total. The number of carbonyl (C=O) groups is 2. The summed E-state index contributed by atoms with van der Waals surface area (Å²) in [7, 11) is 0. The second-order valence-electron chi connectivity index (χ2n) is 12.9. The molecule has 3 unspecified atom stereocenters. The fourth-order valence-corrected chi connectivity index (χ4v) is 8.76. The third-order valence-corrected chi connectivity index (χ3v) is 11.9. The van der Waals surface area contributed by atoms with Gasteiger partial charge in [0, 0.05) is 28.5 Å². The lowest BCUT2D eigenvalue weighted by Gasteiger charge is -2.20. The molecule has 0 aromatic heterocycles. The predicted molar refractivity (Wildman–Crippen MR) is 211 cm³/mol. The molecule has 51 heavy (non-hydrogen) atoms. The van der Waals surface area contributed by atoms with Gasteiger partial charge in [-0.25, -0.2) is 4.90 Å². The minimum absolute atomic E-state index is 0.200. The Morgan fingerprint density at radius 2 is 1.75 bits per heavy atom. The number of ether oxygens (including phenoxy) is 1. The molecule has 1 aliphatic carbocycles. The molecule has 3 aromatic rings. The van der Waals surface area contributed by atoms with Crippen molar-refractivity contribution in [2.45, 2.75) is 74.9 Å².